The zero-order valence-electron chi connectivity index (χ0n) is 17.4. The van der Waals surface area contributed by atoms with Crippen LogP contribution < -0.4 is 14.2 Å². The van der Waals surface area contributed by atoms with E-state index < -0.39 is 5.97 Å². The molecule has 4 aromatic rings. The molecule has 5 rings (SSSR count). The number of carbonyl (C=O) groups excluding carboxylic acids is 2. The average Bonchev–Trinajstić information content (AvgIpc) is 3.36. The Morgan fingerprint density at radius 1 is 1.00 bits per heavy atom. The van der Waals surface area contributed by atoms with Crippen molar-refractivity contribution >= 4 is 28.8 Å². The lowest BCUT2D eigenvalue weighted by molar-refractivity contribution is 0.0703. The van der Waals surface area contributed by atoms with Gasteiger partial charge in [0.25, 0.3) is 0 Å². The van der Waals surface area contributed by atoms with Crippen LogP contribution in [-0.4, -0.2) is 18.9 Å². The van der Waals surface area contributed by atoms with Crippen molar-refractivity contribution in [3.8, 4) is 17.2 Å². The third kappa shape index (κ3) is 3.41. The lowest BCUT2D eigenvalue weighted by Crippen LogP contribution is -2.07. The SMILES string of the molecule is COc1ccccc1/C=C1\Oc2cc(OC(=O)c3cc4ccccc4o3)cc(C)c2C1=O. The molecule has 0 radical (unpaired) electrons. The van der Waals surface area contributed by atoms with E-state index in [0.717, 1.165) is 10.9 Å². The Morgan fingerprint density at radius 2 is 1.78 bits per heavy atom. The Bertz CT molecular complexity index is 1380. The van der Waals surface area contributed by atoms with Gasteiger partial charge < -0.3 is 18.6 Å². The number of aryl methyl sites for hydroxylation is 1. The third-order valence-electron chi connectivity index (χ3n) is 5.21. The highest BCUT2D eigenvalue weighted by atomic mass is 16.5. The van der Waals surface area contributed by atoms with Gasteiger partial charge in [-0.25, -0.2) is 4.79 Å². The molecule has 1 aliphatic heterocycles. The smallest absolute Gasteiger partial charge is 0.379 e. The van der Waals surface area contributed by atoms with Gasteiger partial charge in [-0.15, -0.1) is 0 Å². The summed E-state index contributed by atoms with van der Waals surface area (Å²) in [6.45, 7) is 1.77. The van der Waals surface area contributed by atoms with Crippen molar-refractivity contribution in [3.05, 3.63) is 94.9 Å². The Labute approximate surface area is 183 Å². The van der Waals surface area contributed by atoms with E-state index in [1.165, 1.54) is 6.07 Å². The number of furan rings is 1. The van der Waals surface area contributed by atoms with Crippen molar-refractivity contribution in [2.75, 3.05) is 7.11 Å². The summed E-state index contributed by atoms with van der Waals surface area (Å²) in [4.78, 5) is 25.5. The van der Waals surface area contributed by atoms with Gasteiger partial charge in [0.05, 0.1) is 12.7 Å². The summed E-state index contributed by atoms with van der Waals surface area (Å²) in [6, 6.07) is 19.4. The molecule has 1 aliphatic rings. The van der Waals surface area contributed by atoms with Crippen molar-refractivity contribution < 1.29 is 28.2 Å². The number of Topliss-reactive ketones (excluding diaryl/α,β-unsaturated/α-hetero) is 1. The molecule has 0 saturated carbocycles. The van der Waals surface area contributed by atoms with Crippen LogP contribution in [0.3, 0.4) is 0 Å². The first-order chi connectivity index (χ1) is 15.5. The highest BCUT2D eigenvalue weighted by Crippen LogP contribution is 2.38. The van der Waals surface area contributed by atoms with Crippen molar-refractivity contribution in [2.24, 2.45) is 0 Å². The predicted molar refractivity (Wildman–Crippen MR) is 118 cm³/mol. The fourth-order valence-electron chi connectivity index (χ4n) is 3.70. The maximum absolute atomic E-state index is 12.9. The predicted octanol–water partition coefficient (Wildman–Crippen LogP) is 5.59. The number of hydrogen-bond donors (Lipinski definition) is 0. The molecule has 2 heterocycles. The number of benzene rings is 3. The summed E-state index contributed by atoms with van der Waals surface area (Å²) in [5, 5.41) is 0.810. The van der Waals surface area contributed by atoms with Crippen molar-refractivity contribution in [1.82, 2.24) is 0 Å². The van der Waals surface area contributed by atoms with E-state index in [1.54, 1.807) is 44.4 Å². The van der Waals surface area contributed by atoms with Gasteiger partial charge in [-0.1, -0.05) is 36.4 Å². The first-order valence-corrected chi connectivity index (χ1v) is 9.96. The number of ketones is 1. The molecular formula is C26H18O6. The number of fused-ring (bicyclic) bond motifs is 2. The van der Waals surface area contributed by atoms with Crippen LogP contribution >= 0.6 is 0 Å². The van der Waals surface area contributed by atoms with E-state index in [0.29, 0.717) is 28.2 Å². The molecule has 0 spiro atoms. The van der Waals surface area contributed by atoms with Crippen molar-refractivity contribution in [3.63, 3.8) is 0 Å². The maximum atomic E-state index is 12.9. The second kappa shape index (κ2) is 7.74. The van der Waals surface area contributed by atoms with Crippen LogP contribution in [0.25, 0.3) is 17.0 Å². The molecule has 6 heteroatoms. The number of rotatable bonds is 4. The van der Waals surface area contributed by atoms with Crippen molar-refractivity contribution in [1.29, 1.82) is 0 Å². The Hall–Kier alpha value is -4.32. The standard InChI is InChI=1S/C26H18O6/c1-15-11-18(30-26(28)23-13-17-8-4-6-10-20(17)31-23)14-21-24(15)25(27)22(32-21)12-16-7-3-5-9-19(16)29-2/h3-14H,1-2H3/b22-12-. The van der Waals surface area contributed by atoms with Gasteiger partial charge >= 0.3 is 5.97 Å². The lowest BCUT2D eigenvalue weighted by Gasteiger charge is -2.06. The van der Waals surface area contributed by atoms with Gasteiger partial charge in [-0.2, -0.15) is 0 Å². The lowest BCUT2D eigenvalue weighted by atomic mass is 10.0. The Balaban J connectivity index is 1.43. The highest BCUT2D eigenvalue weighted by molar-refractivity contribution is 6.15. The zero-order valence-corrected chi connectivity index (χ0v) is 17.4. The molecule has 0 bridgehead atoms. The molecule has 0 aliphatic carbocycles. The molecule has 158 valence electrons. The minimum atomic E-state index is -0.630. The summed E-state index contributed by atoms with van der Waals surface area (Å²) in [6.07, 6.45) is 1.64. The molecule has 0 saturated heterocycles. The molecule has 1 aromatic heterocycles. The monoisotopic (exact) mass is 426 g/mol. The quantitative estimate of drug-likeness (QED) is 0.241. The summed E-state index contributed by atoms with van der Waals surface area (Å²) in [5.74, 6) is 0.630. The van der Waals surface area contributed by atoms with Crippen LogP contribution in [0.2, 0.25) is 0 Å². The fourth-order valence-corrected chi connectivity index (χ4v) is 3.70. The molecule has 0 amide bonds. The first kappa shape index (κ1) is 19.6. The average molecular weight is 426 g/mol. The molecular weight excluding hydrogens is 408 g/mol. The number of esters is 1. The van der Waals surface area contributed by atoms with Gasteiger partial charge in [-0.05, 0) is 42.8 Å². The Morgan fingerprint density at radius 3 is 2.59 bits per heavy atom. The third-order valence-corrected chi connectivity index (χ3v) is 5.21. The minimum Gasteiger partial charge on any atom is -0.496 e. The van der Waals surface area contributed by atoms with E-state index in [4.69, 9.17) is 18.6 Å². The molecule has 0 unspecified atom stereocenters. The fraction of sp³-hybridized carbons (Fsp3) is 0.0769. The number of para-hydroxylation sites is 2. The molecule has 0 N–H and O–H groups in total. The first-order valence-electron chi connectivity index (χ1n) is 9.96. The van der Waals surface area contributed by atoms with Crippen LogP contribution in [0, 0.1) is 6.92 Å². The number of allylic oxidation sites excluding steroid dienone is 1. The summed E-state index contributed by atoms with van der Waals surface area (Å²) in [7, 11) is 1.57. The topological polar surface area (TPSA) is 75.0 Å². The second-order valence-corrected chi connectivity index (χ2v) is 7.33. The van der Waals surface area contributed by atoms with Crippen LogP contribution in [0.4, 0.5) is 0 Å². The minimum absolute atomic E-state index is 0.0955. The molecule has 0 fully saturated rings. The number of hydrogen-bond acceptors (Lipinski definition) is 6. The van der Waals surface area contributed by atoms with Crippen molar-refractivity contribution in [2.45, 2.75) is 6.92 Å². The van der Waals surface area contributed by atoms with E-state index in [9.17, 15) is 9.59 Å². The van der Waals surface area contributed by atoms with Gasteiger partial charge in [0.1, 0.15) is 22.8 Å². The molecule has 32 heavy (non-hydrogen) atoms. The second-order valence-electron chi connectivity index (χ2n) is 7.33. The highest BCUT2D eigenvalue weighted by Gasteiger charge is 2.30. The van der Waals surface area contributed by atoms with Crippen LogP contribution in [0.5, 0.6) is 17.2 Å². The number of carbonyl (C=O) groups is 2. The number of ether oxygens (including phenoxy) is 3. The van der Waals surface area contributed by atoms with E-state index >= 15 is 0 Å². The van der Waals surface area contributed by atoms with Crippen LogP contribution in [-0.2, 0) is 0 Å². The summed E-state index contributed by atoms with van der Waals surface area (Å²) < 4.78 is 22.2. The zero-order chi connectivity index (χ0) is 22.2. The summed E-state index contributed by atoms with van der Waals surface area (Å²) in [5.41, 5.74) is 2.41. The summed E-state index contributed by atoms with van der Waals surface area (Å²) >= 11 is 0. The molecule has 3 aromatic carbocycles. The van der Waals surface area contributed by atoms with E-state index in [-0.39, 0.29) is 23.1 Å². The molecule has 6 nitrogen and oxygen atoms in total. The van der Waals surface area contributed by atoms with Crippen LogP contribution in [0.1, 0.15) is 32.0 Å². The largest absolute Gasteiger partial charge is 0.496 e. The van der Waals surface area contributed by atoms with E-state index in [1.807, 2.05) is 36.4 Å². The normalized spacial score (nSPS) is 13.8. The Kier molecular flexibility index (Phi) is 4.75. The maximum Gasteiger partial charge on any atom is 0.379 e. The number of methoxy groups -OCH3 is 1. The molecule has 0 atom stereocenters. The van der Waals surface area contributed by atoms with Gasteiger partial charge in [0.15, 0.2) is 5.76 Å². The van der Waals surface area contributed by atoms with Crippen LogP contribution in [0.15, 0.2) is 76.9 Å². The van der Waals surface area contributed by atoms with E-state index in [2.05, 4.69) is 0 Å². The van der Waals surface area contributed by atoms with Gasteiger partial charge in [0.2, 0.25) is 11.5 Å². The van der Waals surface area contributed by atoms with Gasteiger partial charge in [-0.3, -0.25) is 4.79 Å². The van der Waals surface area contributed by atoms with Gasteiger partial charge in [0, 0.05) is 17.0 Å².